The van der Waals surface area contributed by atoms with Crippen LogP contribution in [0.4, 0.5) is 0 Å². The lowest BCUT2D eigenvalue weighted by Gasteiger charge is -1.97. The van der Waals surface area contributed by atoms with Gasteiger partial charge in [0.2, 0.25) is 0 Å². The van der Waals surface area contributed by atoms with E-state index in [2.05, 4.69) is 0 Å². The molecule has 0 aliphatic rings. The van der Waals surface area contributed by atoms with Gasteiger partial charge in [0.1, 0.15) is 24.1 Å². The third-order valence-corrected chi connectivity index (χ3v) is 1.82. The zero-order valence-electron chi connectivity index (χ0n) is 9.20. The maximum atomic E-state index is 10.1. The molecule has 0 amide bonds. The molecule has 0 aromatic heterocycles. The van der Waals surface area contributed by atoms with Crippen molar-refractivity contribution in [2.75, 3.05) is 0 Å². The highest BCUT2D eigenvalue weighted by molar-refractivity contribution is 5.83. The summed E-state index contributed by atoms with van der Waals surface area (Å²) in [5, 5.41) is 17.8. The van der Waals surface area contributed by atoms with E-state index in [1.807, 2.05) is 0 Å². The van der Waals surface area contributed by atoms with Crippen LogP contribution in [0.25, 0.3) is 0 Å². The first kappa shape index (κ1) is 14.8. The van der Waals surface area contributed by atoms with Gasteiger partial charge in [-0.2, -0.15) is 0 Å². The summed E-state index contributed by atoms with van der Waals surface area (Å²) in [6, 6.07) is 4.13. The summed E-state index contributed by atoms with van der Waals surface area (Å²) in [7, 11) is 0. The van der Waals surface area contributed by atoms with Gasteiger partial charge in [0.25, 0.3) is 0 Å². The van der Waals surface area contributed by atoms with Crippen LogP contribution in [0.15, 0.2) is 18.2 Å². The molecule has 0 saturated carbocycles. The summed E-state index contributed by atoms with van der Waals surface area (Å²) in [5.41, 5.74) is -0.0671. The van der Waals surface area contributed by atoms with Crippen molar-refractivity contribution in [3.05, 3.63) is 23.8 Å². The normalized spacial score (nSPS) is 8.71. The van der Waals surface area contributed by atoms with Crippen molar-refractivity contribution in [1.82, 2.24) is 0 Å². The monoisotopic (exact) mass is 238 g/mol. The van der Waals surface area contributed by atoms with Crippen LogP contribution in [0.5, 0.6) is 11.5 Å². The van der Waals surface area contributed by atoms with E-state index in [9.17, 15) is 14.4 Å². The van der Waals surface area contributed by atoms with Gasteiger partial charge in [-0.15, -0.1) is 0 Å². The Morgan fingerprint density at radius 3 is 1.71 bits per heavy atom. The molecule has 0 spiro atoms. The maximum absolute atomic E-state index is 10.1. The number of carbonyl (C=O) groups is 3. The van der Waals surface area contributed by atoms with Gasteiger partial charge in [0.15, 0.2) is 6.29 Å². The molecule has 0 atom stereocenters. The fourth-order valence-corrected chi connectivity index (χ4v) is 0.946. The molecule has 92 valence electrons. The molecule has 0 radical (unpaired) electrons. The minimum absolute atomic E-state index is 0.0671. The Morgan fingerprint density at radius 2 is 1.41 bits per heavy atom. The van der Waals surface area contributed by atoms with Crippen molar-refractivity contribution >= 4 is 18.9 Å². The van der Waals surface area contributed by atoms with Crippen LogP contribution >= 0.6 is 0 Å². The molecule has 0 bridgehead atoms. The van der Waals surface area contributed by atoms with Gasteiger partial charge in [0, 0.05) is 12.8 Å². The molecule has 2 N–H and O–H groups in total. The van der Waals surface area contributed by atoms with E-state index in [1.165, 1.54) is 18.2 Å². The number of benzene rings is 1. The second-order valence-electron chi connectivity index (χ2n) is 3.09. The quantitative estimate of drug-likeness (QED) is 0.598. The number of unbranched alkanes of at least 4 members (excludes halogenated alkanes) is 2. The molecule has 0 aliphatic carbocycles. The summed E-state index contributed by atoms with van der Waals surface area (Å²) < 4.78 is 0. The molecule has 1 aromatic carbocycles. The first-order chi connectivity index (χ1) is 8.17. The Bertz CT molecular complexity index is 345. The Balaban J connectivity index is 0.000000325. The Hall–Kier alpha value is -2.17. The first-order valence-corrected chi connectivity index (χ1v) is 5.00. The lowest BCUT2D eigenvalue weighted by molar-refractivity contribution is -0.108. The Kier molecular flexibility index (Phi) is 7.93. The van der Waals surface area contributed by atoms with Crippen molar-refractivity contribution in [3.63, 3.8) is 0 Å². The summed E-state index contributed by atoms with van der Waals surface area (Å²) in [6.45, 7) is 0. The van der Waals surface area contributed by atoms with Gasteiger partial charge in [0.05, 0.1) is 5.56 Å². The number of carbonyl (C=O) groups excluding carboxylic acids is 3. The van der Waals surface area contributed by atoms with Gasteiger partial charge in [-0.3, -0.25) is 4.79 Å². The third kappa shape index (κ3) is 6.09. The second kappa shape index (κ2) is 9.08. The van der Waals surface area contributed by atoms with Crippen LogP contribution in [0, 0.1) is 0 Å². The number of hydrogen-bond donors (Lipinski definition) is 2. The average Bonchev–Trinajstić information content (AvgIpc) is 2.31. The van der Waals surface area contributed by atoms with E-state index in [-0.39, 0.29) is 17.1 Å². The molecule has 1 aromatic rings. The summed E-state index contributed by atoms with van der Waals surface area (Å²) in [5.74, 6) is -0.398. The van der Waals surface area contributed by atoms with Gasteiger partial charge < -0.3 is 19.8 Å². The highest BCUT2D eigenvalue weighted by atomic mass is 16.3. The minimum atomic E-state index is -0.199. The van der Waals surface area contributed by atoms with E-state index < -0.39 is 0 Å². The molecule has 0 saturated heterocycles. The van der Waals surface area contributed by atoms with Gasteiger partial charge in [-0.05, 0) is 18.6 Å². The SMILES string of the molecule is O=CCCCC=O.O=Cc1c(O)cccc1O. The Morgan fingerprint density at radius 1 is 0.941 bits per heavy atom. The standard InChI is InChI=1S/C7H6O3.C5H8O2/c8-4-5-6(9)2-1-3-7(5)10;6-4-2-1-3-5-7/h1-4,9-10H;4-5H,1-3H2. The number of rotatable bonds is 5. The molecular formula is C12H14O5. The molecule has 0 aliphatic heterocycles. The number of aldehydes is 3. The van der Waals surface area contributed by atoms with Crippen LogP contribution in [0.3, 0.4) is 0 Å². The van der Waals surface area contributed by atoms with Crippen LogP contribution < -0.4 is 0 Å². The zero-order chi connectivity index (χ0) is 13.1. The summed E-state index contributed by atoms with van der Waals surface area (Å²) in [6.07, 6.45) is 3.78. The van der Waals surface area contributed by atoms with Gasteiger partial charge in [-0.25, -0.2) is 0 Å². The van der Waals surface area contributed by atoms with E-state index in [0.717, 1.165) is 12.6 Å². The third-order valence-electron chi connectivity index (χ3n) is 1.82. The lowest BCUT2D eigenvalue weighted by Crippen LogP contribution is -1.80. The lowest BCUT2D eigenvalue weighted by atomic mass is 10.2. The van der Waals surface area contributed by atoms with Crippen molar-refractivity contribution in [2.24, 2.45) is 0 Å². The molecule has 0 unspecified atom stereocenters. The number of aromatic hydroxyl groups is 2. The van der Waals surface area contributed by atoms with Gasteiger partial charge in [-0.1, -0.05) is 6.07 Å². The van der Waals surface area contributed by atoms with Crippen LogP contribution in [0.1, 0.15) is 29.6 Å². The van der Waals surface area contributed by atoms with E-state index in [4.69, 9.17) is 10.2 Å². The number of phenolic OH excluding ortho intramolecular Hbond substituents is 2. The predicted octanol–water partition coefficient (Wildman–Crippen LogP) is 1.46. The summed E-state index contributed by atoms with van der Waals surface area (Å²) >= 11 is 0. The minimum Gasteiger partial charge on any atom is -0.507 e. The fraction of sp³-hybridized carbons (Fsp3) is 0.250. The molecular weight excluding hydrogens is 224 g/mol. The van der Waals surface area contributed by atoms with E-state index >= 15 is 0 Å². The zero-order valence-corrected chi connectivity index (χ0v) is 9.20. The number of phenols is 2. The smallest absolute Gasteiger partial charge is 0.157 e. The highest BCUT2D eigenvalue weighted by Crippen LogP contribution is 2.23. The van der Waals surface area contributed by atoms with E-state index in [0.29, 0.717) is 25.5 Å². The second-order valence-corrected chi connectivity index (χ2v) is 3.09. The number of hydrogen-bond acceptors (Lipinski definition) is 5. The Labute approximate surface area is 98.7 Å². The maximum Gasteiger partial charge on any atom is 0.157 e. The van der Waals surface area contributed by atoms with Crippen LogP contribution in [0.2, 0.25) is 0 Å². The molecule has 5 nitrogen and oxygen atoms in total. The van der Waals surface area contributed by atoms with Crippen molar-refractivity contribution < 1.29 is 24.6 Å². The van der Waals surface area contributed by atoms with Crippen LogP contribution in [-0.4, -0.2) is 29.1 Å². The van der Waals surface area contributed by atoms with Crippen molar-refractivity contribution in [1.29, 1.82) is 0 Å². The first-order valence-electron chi connectivity index (χ1n) is 5.00. The van der Waals surface area contributed by atoms with Crippen LogP contribution in [-0.2, 0) is 9.59 Å². The molecule has 17 heavy (non-hydrogen) atoms. The molecule has 1 rings (SSSR count). The molecule has 0 fully saturated rings. The van der Waals surface area contributed by atoms with Gasteiger partial charge >= 0.3 is 0 Å². The molecule has 0 heterocycles. The predicted molar refractivity (Wildman–Crippen MR) is 61.1 cm³/mol. The van der Waals surface area contributed by atoms with Crippen molar-refractivity contribution in [3.8, 4) is 11.5 Å². The highest BCUT2D eigenvalue weighted by Gasteiger charge is 2.02. The summed E-state index contributed by atoms with van der Waals surface area (Å²) in [4.78, 5) is 29.3. The van der Waals surface area contributed by atoms with Crippen molar-refractivity contribution in [2.45, 2.75) is 19.3 Å². The largest absolute Gasteiger partial charge is 0.507 e. The topological polar surface area (TPSA) is 91.7 Å². The average molecular weight is 238 g/mol. The molecule has 5 heteroatoms. The van der Waals surface area contributed by atoms with E-state index in [1.54, 1.807) is 0 Å². The fourth-order valence-electron chi connectivity index (χ4n) is 0.946.